The Labute approximate surface area is 212 Å². The SMILES string of the molecule is CC(C)CC(=O)N(N)c1cncc(-c2cnc3[nH]nc(-c4nc5c(C(=O)N(C)C)cccc5[nH]4)c3c2)c1. The predicted octanol–water partition coefficient (Wildman–Crippen LogP) is 3.52. The van der Waals surface area contributed by atoms with Crippen LogP contribution in [-0.4, -0.2) is 60.9 Å². The number of rotatable bonds is 6. The van der Waals surface area contributed by atoms with Crippen LogP contribution in [0.5, 0.6) is 0 Å². The van der Waals surface area contributed by atoms with Gasteiger partial charge in [0.15, 0.2) is 11.5 Å². The molecule has 1 aromatic carbocycles. The number of pyridine rings is 2. The van der Waals surface area contributed by atoms with Crippen molar-refractivity contribution in [2.45, 2.75) is 20.3 Å². The van der Waals surface area contributed by atoms with Gasteiger partial charge < -0.3 is 9.88 Å². The minimum atomic E-state index is -0.184. The van der Waals surface area contributed by atoms with Gasteiger partial charge in [-0.15, -0.1) is 0 Å². The highest BCUT2D eigenvalue weighted by molar-refractivity contribution is 6.05. The zero-order chi connectivity index (χ0) is 26.3. The number of hydrogen-bond acceptors (Lipinski definition) is 7. The molecule has 4 N–H and O–H groups in total. The Morgan fingerprint density at radius 1 is 1.08 bits per heavy atom. The van der Waals surface area contributed by atoms with Gasteiger partial charge in [0.25, 0.3) is 5.91 Å². The van der Waals surface area contributed by atoms with Crippen LogP contribution in [0.2, 0.25) is 0 Å². The van der Waals surface area contributed by atoms with E-state index in [-0.39, 0.29) is 17.7 Å². The van der Waals surface area contributed by atoms with Gasteiger partial charge in [-0.1, -0.05) is 19.9 Å². The number of nitrogens with two attached hydrogens (primary N) is 1. The molecular formula is C26H27N9O2. The Hall–Kier alpha value is -4.64. The molecule has 0 fully saturated rings. The van der Waals surface area contributed by atoms with Crippen molar-refractivity contribution in [1.82, 2.24) is 35.0 Å². The number of hydrazine groups is 1. The molecule has 11 heteroatoms. The zero-order valence-corrected chi connectivity index (χ0v) is 21.0. The second-order valence-electron chi connectivity index (χ2n) is 9.47. The third kappa shape index (κ3) is 4.52. The molecule has 11 nitrogen and oxygen atoms in total. The monoisotopic (exact) mass is 497 g/mol. The van der Waals surface area contributed by atoms with E-state index in [1.54, 1.807) is 44.8 Å². The van der Waals surface area contributed by atoms with Crippen molar-refractivity contribution in [2.24, 2.45) is 11.8 Å². The summed E-state index contributed by atoms with van der Waals surface area (Å²) in [5.74, 6) is 6.46. The van der Waals surface area contributed by atoms with Gasteiger partial charge in [-0.25, -0.2) is 20.8 Å². The van der Waals surface area contributed by atoms with Crippen molar-refractivity contribution >= 4 is 39.6 Å². The summed E-state index contributed by atoms with van der Waals surface area (Å²) in [5, 5.41) is 9.25. The molecule has 0 saturated heterocycles. The van der Waals surface area contributed by atoms with E-state index in [4.69, 9.17) is 10.8 Å². The minimum Gasteiger partial charge on any atom is -0.345 e. The molecule has 0 spiro atoms. The van der Waals surface area contributed by atoms with Crippen LogP contribution in [0, 0.1) is 5.92 Å². The van der Waals surface area contributed by atoms with Gasteiger partial charge in [-0.05, 0) is 30.2 Å². The molecule has 4 heterocycles. The summed E-state index contributed by atoms with van der Waals surface area (Å²) in [4.78, 5) is 43.4. The van der Waals surface area contributed by atoms with Crippen LogP contribution in [0.1, 0.15) is 30.6 Å². The van der Waals surface area contributed by atoms with Crippen LogP contribution >= 0.6 is 0 Å². The van der Waals surface area contributed by atoms with Gasteiger partial charge >= 0.3 is 0 Å². The first kappa shape index (κ1) is 24.1. The van der Waals surface area contributed by atoms with Crippen molar-refractivity contribution in [1.29, 1.82) is 0 Å². The van der Waals surface area contributed by atoms with Gasteiger partial charge in [0.05, 0.1) is 28.4 Å². The average Bonchev–Trinajstić information content (AvgIpc) is 3.50. The Kier molecular flexibility index (Phi) is 6.14. The van der Waals surface area contributed by atoms with Gasteiger partial charge in [-0.3, -0.25) is 19.7 Å². The lowest BCUT2D eigenvalue weighted by molar-refractivity contribution is -0.119. The molecule has 0 aliphatic carbocycles. The highest BCUT2D eigenvalue weighted by atomic mass is 16.2. The standard InChI is InChI=1S/C26H27N9O2/c1-14(2)8-21(36)35(27)17-9-15(11-28-13-17)16-10-19-23(32-33-24(19)29-12-16)25-30-20-7-5-6-18(22(20)31-25)26(37)34(3)4/h5-7,9-14H,8,27H2,1-4H3,(H,30,31)(H,29,32,33). The quantitative estimate of drug-likeness (QED) is 0.184. The van der Waals surface area contributed by atoms with Gasteiger partial charge in [0, 0.05) is 44.0 Å². The number of carbonyl (C=O) groups excluding carboxylic acids is 2. The number of nitrogens with one attached hydrogen (secondary N) is 2. The third-order valence-corrected chi connectivity index (χ3v) is 5.98. The Morgan fingerprint density at radius 2 is 1.86 bits per heavy atom. The smallest absolute Gasteiger partial charge is 0.255 e. The fourth-order valence-corrected chi connectivity index (χ4v) is 4.11. The lowest BCUT2D eigenvalue weighted by Gasteiger charge is -2.18. The van der Waals surface area contributed by atoms with Crippen LogP contribution in [0.15, 0.2) is 48.9 Å². The molecule has 0 atom stereocenters. The molecule has 0 radical (unpaired) electrons. The maximum absolute atomic E-state index is 12.6. The summed E-state index contributed by atoms with van der Waals surface area (Å²) < 4.78 is 0. The van der Waals surface area contributed by atoms with E-state index in [1.165, 1.54) is 4.90 Å². The number of fused-ring (bicyclic) bond motifs is 2. The van der Waals surface area contributed by atoms with E-state index >= 15 is 0 Å². The molecule has 0 aliphatic heterocycles. The number of H-pyrrole nitrogens is 2. The van der Waals surface area contributed by atoms with E-state index < -0.39 is 0 Å². The number of benzene rings is 1. The Bertz CT molecular complexity index is 1630. The number of para-hydroxylation sites is 1. The summed E-state index contributed by atoms with van der Waals surface area (Å²) in [7, 11) is 3.41. The van der Waals surface area contributed by atoms with Gasteiger partial charge in [0.2, 0.25) is 5.91 Å². The lowest BCUT2D eigenvalue weighted by Crippen LogP contribution is -2.38. The van der Waals surface area contributed by atoms with Crippen LogP contribution in [-0.2, 0) is 4.79 Å². The van der Waals surface area contributed by atoms with E-state index in [1.807, 2.05) is 32.0 Å². The van der Waals surface area contributed by atoms with Crippen LogP contribution < -0.4 is 10.9 Å². The van der Waals surface area contributed by atoms with Gasteiger partial charge in [0.1, 0.15) is 11.2 Å². The largest absolute Gasteiger partial charge is 0.345 e. The molecule has 37 heavy (non-hydrogen) atoms. The molecule has 5 aromatic rings. The highest BCUT2D eigenvalue weighted by Crippen LogP contribution is 2.30. The number of aromatic amines is 2. The van der Waals surface area contributed by atoms with E-state index in [9.17, 15) is 9.59 Å². The lowest BCUT2D eigenvalue weighted by atomic mass is 10.1. The number of amides is 2. The van der Waals surface area contributed by atoms with Crippen molar-refractivity contribution in [2.75, 3.05) is 19.1 Å². The second kappa shape index (κ2) is 9.43. The summed E-state index contributed by atoms with van der Waals surface area (Å²) in [6.07, 6.45) is 5.28. The normalized spacial score (nSPS) is 11.4. The number of nitrogens with zero attached hydrogens (tertiary/aromatic N) is 6. The van der Waals surface area contributed by atoms with E-state index in [0.29, 0.717) is 40.4 Å². The van der Waals surface area contributed by atoms with Gasteiger partial charge in [-0.2, -0.15) is 5.10 Å². The van der Waals surface area contributed by atoms with Crippen molar-refractivity contribution in [3.8, 4) is 22.6 Å². The number of aromatic nitrogens is 6. The molecule has 5 rings (SSSR count). The zero-order valence-electron chi connectivity index (χ0n) is 21.0. The van der Waals surface area contributed by atoms with Crippen molar-refractivity contribution in [3.63, 3.8) is 0 Å². The summed E-state index contributed by atoms with van der Waals surface area (Å²) in [6.45, 7) is 3.93. The first-order chi connectivity index (χ1) is 17.7. The van der Waals surface area contributed by atoms with Crippen LogP contribution in [0.3, 0.4) is 0 Å². The fraction of sp³-hybridized carbons (Fsp3) is 0.231. The van der Waals surface area contributed by atoms with E-state index in [2.05, 4.69) is 25.1 Å². The number of anilines is 1. The third-order valence-electron chi connectivity index (χ3n) is 5.98. The van der Waals surface area contributed by atoms with E-state index in [0.717, 1.165) is 27.0 Å². The first-order valence-electron chi connectivity index (χ1n) is 11.8. The maximum Gasteiger partial charge on any atom is 0.255 e. The summed E-state index contributed by atoms with van der Waals surface area (Å²) in [6, 6.07) is 9.17. The summed E-state index contributed by atoms with van der Waals surface area (Å²) >= 11 is 0. The van der Waals surface area contributed by atoms with Crippen molar-refractivity contribution < 1.29 is 9.59 Å². The summed E-state index contributed by atoms with van der Waals surface area (Å²) in [5.41, 5.74) is 4.97. The fourth-order valence-electron chi connectivity index (χ4n) is 4.11. The molecule has 2 amide bonds. The average molecular weight is 498 g/mol. The molecule has 188 valence electrons. The van der Waals surface area contributed by atoms with Crippen LogP contribution in [0.4, 0.5) is 5.69 Å². The molecule has 0 aliphatic rings. The topological polar surface area (TPSA) is 150 Å². The number of hydrogen-bond donors (Lipinski definition) is 3. The maximum atomic E-state index is 12.6. The molecule has 0 bridgehead atoms. The van der Waals surface area contributed by atoms with Crippen LogP contribution in [0.25, 0.3) is 44.7 Å². The van der Waals surface area contributed by atoms with Crippen molar-refractivity contribution in [3.05, 3.63) is 54.5 Å². The predicted molar refractivity (Wildman–Crippen MR) is 141 cm³/mol. The molecular weight excluding hydrogens is 470 g/mol. The highest BCUT2D eigenvalue weighted by Gasteiger charge is 2.19. The molecule has 0 unspecified atom stereocenters. The number of imidazole rings is 1. The second-order valence-corrected chi connectivity index (χ2v) is 9.47. The Balaban J connectivity index is 1.54. The molecule has 0 saturated carbocycles. The Morgan fingerprint density at radius 3 is 2.62 bits per heavy atom. The minimum absolute atomic E-state index is 0.132. The first-order valence-corrected chi connectivity index (χ1v) is 11.8. The molecule has 4 aromatic heterocycles. The number of carbonyl (C=O) groups is 2.